The Bertz CT molecular complexity index is 657. The van der Waals surface area contributed by atoms with Crippen LogP contribution in [0.15, 0.2) is 23.6 Å². The van der Waals surface area contributed by atoms with E-state index in [1.165, 1.54) is 11.3 Å². The minimum atomic E-state index is -0.224. The van der Waals surface area contributed by atoms with E-state index in [0.717, 1.165) is 10.6 Å². The Morgan fingerprint density at radius 1 is 1.36 bits per heavy atom. The van der Waals surface area contributed by atoms with E-state index in [1.807, 2.05) is 25.1 Å². The predicted molar refractivity (Wildman–Crippen MR) is 85.4 cm³/mol. The molecule has 0 spiro atoms. The first kappa shape index (κ1) is 16.3. The lowest BCUT2D eigenvalue weighted by atomic mass is 10.1. The first-order valence-corrected chi connectivity index (χ1v) is 7.64. The van der Waals surface area contributed by atoms with E-state index in [1.54, 1.807) is 19.6 Å². The van der Waals surface area contributed by atoms with Crippen LogP contribution >= 0.6 is 11.3 Å². The minimum absolute atomic E-state index is 0.185. The second-order valence-electron chi connectivity index (χ2n) is 4.64. The number of methoxy groups -OCH3 is 2. The van der Waals surface area contributed by atoms with Crippen LogP contribution in [0.5, 0.6) is 11.5 Å². The summed E-state index contributed by atoms with van der Waals surface area (Å²) in [6.07, 6.45) is 0. The zero-order chi connectivity index (χ0) is 16.1. The lowest BCUT2D eigenvalue weighted by molar-refractivity contribution is 0.0935. The molecule has 1 atom stereocenters. The van der Waals surface area contributed by atoms with Gasteiger partial charge in [0.15, 0.2) is 11.5 Å². The molecule has 2 rings (SSSR count). The molecule has 0 aliphatic carbocycles. The molecule has 6 nitrogen and oxygen atoms in total. The lowest BCUT2D eigenvalue weighted by Crippen LogP contribution is -2.27. The highest BCUT2D eigenvalue weighted by atomic mass is 32.1. The van der Waals surface area contributed by atoms with Crippen molar-refractivity contribution in [3.05, 3.63) is 39.8 Å². The van der Waals surface area contributed by atoms with E-state index in [9.17, 15) is 4.79 Å². The fourth-order valence-corrected chi connectivity index (χ4v) is 2.64. The molecule has 118 valence electrons. The van der Waals surface area contributed by atoms with Crippen LogP contribution in [-0.2, 0) is 6.54 Å². The maximum Gasteiger partial charge on any atom is 0.271 e. The van der Waals surface area contributed by atoms with Crippen LogP contribution in [-0.4, -0.2) is 25.1 Å². The molecule has 1 unspecified atom stereocenters. The molecule has 7 heteroatoms. The van der Waals surface area contributed by atoms with Gasteiger partial charge in [-0.3, -0.25) is 4.79 Å². The molecule has 1 amide bonds. The molecule has 0 bridgehead atoms. The molecule has 0 radical (unpaired) electrons. The molecule has 22 heavy (non-hydrogen) atoms. The third kappa shape index (κ3) is 3.55. The van der Waals surface area contributed by atoms with Gasteiger partial charge in [0.1, 0.15) is 10.7 Å². The highest BCUT2D eigenvalue weighted by molar-refractivity contribution is 7.09. The van der Waals surface area contributed by atoms with E-state index < -0.39 is 0 Å². The van der Waals surface area contributed by atoms with Crippen LogP contribution < -0.4 is 20.5 Å². The van der Waals surface area contributed by atoms with Crippen molar-refractivity contribution in [3.8, 4) is 11.5 Å². The summed E-state index contributed by atoms with van der Waals surface area (Å²) in [5.41, 5.74) is 6.81. The summed E-state index contributed by atoms with van der Waals surface area (Å²) in [7, 11) is 3.16. The van der Waals surface area contributed by atoms with Crippen molar-refractivity contribution in [2.45, 2.75) is 19.5 Å². The molecule has 1 aromatic heterocycles. The maximum atomic E-state index is 12.2. The molecule has 0 aliphatic heterocycles. The Morgan fingerprint density at radius 3 is 2.68 bits per heavy atom. The molecule has 2 aromatic rings. The largest absolute Gasteiger partial charge is 0.493 e. The van der Waals surface area contributed by atoms with Gasteiger partial charge in [0, 0.05) is 11.9 Å². The third-order valence-corrected chi connectivity index (χ3v) is 4.09. The summed E-state index contributed by atoms with van der Waals surface area (Å²) in [4.78, 5) is 16.3. The van der Waals surface area contributed by atoms with Gasteiger partial charge in [-0.05, 0) is 24.6 Å². The standard InChI is InChI=1S/C15H19N3O3S/c1-9(10-4-5-12(20-2)13(6-10)21-3)17-15(19)11-8-22-14(7-16)18-11/h4-6,8-9H,7,16H2,1-3H3,(H,17,19). The highest BCUT2D eigenvalue weighted by Gasteiger charge is 2.16. The number of carbonyl (C=O) groups excluding carboxylic acids is 1. The van der Waals surface area contributed by atoms with Crippen molar-refractivity contribution in [2.75, 3.05) is 14.2 Å². The summed E-state index contributed by atoms with van der Waals surface area (Å²) in [5.74, 6) is 1.05. The number of hydrogen-bond acceptors (Lipinski definition) is 6. The van der Waals surface area contributed by atoms with Gasteiger partial charge in [-0.1, -0.05) is 6.07 Å². The number of nitrogens with one attached hydrogen (secondary N) is 1. The molecular formula is C15H19N3O3S. The van der Waals surface area contributed by atoms with Gasteiger partial charge in [0.25, 0.3) is 5.91 Å². The number of nitrogens with zero attached hydrogens (tertiary/aromatic N) is 1. The predicted octanol–water partition coefficient (Wildman–Crippen LogP) is 2.11. The van der Waals surface area contributed by atoms with Gasteiger partial charge in [-0.15, -0.1) is 11.3 Å². The van der Waals surface area contributed by atoms with Crippen molar-refractivity contribution in [3.63, 3.8) is 0 Å². The summed E-state index contributed by atoms with van der Waals surface area (Å²) in [6.45, 7) is 2.23. The lowest BCUT2D eigenvalue weighted by Gasteiger charge is -2.16. The summed E-state index contributed by atoms with van der Waals surface area (Å²) < 4.78 is 10.5. The second kappa shape index (κ2) is 7.24. The third-order valence-electron chi connectivity index (χ3n) is 3.21. The van der Waals surface area contributed by atoms with Crippen LogP contribution in [0.25, 0.3) is 0 Å². The number of thiazole rings is 1. The monoisotopic (exact) mass is 321 g/mol. The van der Waals surface area contributed by atoms with Gasteiger partial charge in [-0.2, -0.15) is 0 Å². The number of amides is 1. The first-order valence-electron chi connectivity index (χ1n) is 6.76. The Kier molecular flexibility index (Phi) is 5.35. The molecule has 1 aromatic carbocycles. The molecule has 1 heterocycles. The van der Waals surface area contributed by atoms with Crippen LogP contribution in [0.4, 0.5) is 0 Å². The summed E-state index contributed by atoms with van der Waals surface area (Å²) in [5, 5.41) is 5.35. The van der Waals surface area contributed by atoms with Crippen molar-refractivity contribution in [1.29, 1.82) is 0 Å². The highest BCUT2D eigenvalue weighted by Crippen LogP contribution is 2.29. The molecule has 0 aliphatic rings. The van der Waals surface area contributed by atoms with E-state index >= 15 is 0 Å². The van der Waals surface area contributed by atoms with Crippen LogP contribution in [0.1, 0.15) is 34.0 Å². The fraction of sp³-hybridized carbons (Fsp3) is 0.333. The van der Waals surface area contributed by atoms with Gasteiger partial charge >= 0.3 is 0 Å². The van der Waals surface area contributed by atoms with Gasteiger partial charge in [-0.25, -0.2) is 4.98 Å². The van der Waals surface area contributed by atoms with E-state index in [2.05, 4.69) is 10.3 Å². The van der Waals surface area contributed by atoms with Crippen LogP contribution in [0.2, 0.25) is 0 Å². The number of carbonyl (C=O) groups is 1. The fourth-order valence-electron chi connectivity index (χ4n) is 1.99. The number of benzene rings is 1. The number of hydrogen-bond donors (Lipinski definition) is 2. The Morgan fingerprint density at radius 2 is 2.09 bits per heavy atom. The molecular weight excluding hydrogens is 302 g/mol. The minimum Gasteiger partial charge on any atom is -0.493 e. The van der Waals surface area contributed by atoms with E-state index in [-0.39, 0.29) is 11.9 Å². The van der Waals surface area contributed by atoms with Crippen molar-refractivity contribution >= 4 is 17.2 Å². The molecule has 0 saturated heterocycles. The molecule has 3 N–H and O–H groups in total. The quantitative estimate of drug-likeness (QED) is 0.851. The number of ether oxygens (including phenoxy) is 2. The summed E-state index contributed by atoms with van der Waals surface area (Å²) in [6, 6.07) is 5.36. The van der Waals surface area contributed by atoms with E-state index in [0.29, 0.717) is 23.7 Å². The van der Waals surface area contributed by atoms with Crippen LogP contribution in [0.3, 0.4) is 0 Å². The van der Waals surface area contributed by atoms with Crippen molar-refractivity contribution in [1.82, 2.24) is 10.3 Å². The average Bonchev–Trinajstić information content (AvgIpc) is 3.03. The SMILES string of the molecule is COc1ccc(C(C)NC(=O)c2csc(CN)n2)cc1OC. The van der Waals surface area contributed by atoms with Gasteiger partial charge < -0.3 is 20.5 Å². The number of aromatic nitrogens is 1. The number of rotatable bonds is 6. The molecule has 0 fully saturated rings. The molecule has 0 saturated carbocycles. The normalized spacial score (nSPS) is 11.8. The second-order valence-corrected chi connectivity index (χ2v) is 5.58. The van der Waals surface area contributed by atoms with E-state index in [4.69, 9.17) is 15.2 Å². The Balaban J connectivity index is 2.11. The zero-order valence-electron chi connectivity index (χ0n) is 12.8. The van der Waals surface area contributed by atoms with Gasteiger partial charge in [0.2, 0.25) is 0 Å². The first-order chi connectivity index (χ1) is 10.6. The van der Waals surface area contributed by atoms with Crippen molar-refractivity contribution in [2.24, 2.45) is 5.73 Å². The smallest absolute Gasteiger partial charge is 0.271 e. The zero-order valence-corrected chi connectivity index (χ0v) is 13.6. The Labute approximate surface area is 133 Å². The summed E-state index contributed by atoms with van der Waals surface area (Å²) >= 11 is 1.38. The Hall–Kier alpha value is -2.12. The topological polar surface area (TPSA) is 86.5 Å². The number of nitrogens with two attached hydrogens (primary N) is 1. The van der Waals surface area contributed by atoms with Crippen LogP contribution in [0, 0.1) is 0 Å². The van der Waals surface area contributed by atoms with Gasteiger partial charge in [0.05, 0.1) is 20.3 Å². The average molecular weight is 321 g/mol. The van der Waals surface area contributed by atoms with Crippen molar-refractivity contribution < 1.29 is 14.3 Å². The maximum absolute atomic E-state index is 12.2.